The summed E-state index contributed by atoms with van der Waals surface area (Å²) in [5, 5.41) is 0. The van der Waals surface area contributed by atoms with Crippen molar-refractivity contribution in [1.82, 2.24) is 0 Å². The third-order valence-electron chi connectivity index (χ3n) is 3.25. The quantitative estimate of drug-likeness (QED) is 0.686. The van der Waals surface area contributed by atoms with Gasteiger partial charge in [-0.2, -0.15) is 0 Å². The van der Waals surface area contributed by atoms with E-state index in [0.29, 0.717) is 0 Å². The standard InChI is InChI=1S/C16H16Br2O2S/c1-11-3-5-13(7-15(11)17)9-21(19,20)10-14-6-4-12(2)16(18)8-14/h3-8H,9-10H2,1-2H3. The Labute approximate surface area is 142 Å². The van der Waals surface area contributed by atoms with Crippen molar-refractivity contribution < 1.29 is 8.42 Å². The van der Waals surface area contributed by atoms with E-state index >= 15 is 0 Å². The number of hydrogen-bond donors (Lipinski definition) is 0. The lowest BCUT2D eigenvalue weighted by Crippen LogP contribution is -2.08. The molecule has 0 aromatic heterocycles. The summed E-state index contributed by atoms with van der Waals surface area (Å²) in [5.41, 5.74) is 3.80. The number of aryl methyl sites for hydroxylation is 2. The lowest BCUT2D eigenvalue weighted by Gasteiger charge is -2.08. The summed E-state index contributed by atoms with van der Waals surface area (Å²) in [5.74, 6) is 0.106. The predicted molar refractivity (Wildman–Crippen MR) is 94.1 cm³/mol. The Hall–Kier alpha value is -0.650. The van der Waals surface area contributed by atoms with E-state index in [2.05, 4.69) is 31.9 Å². The minimum atomic E-state index is -3.19. The van der Waals surface area contributed by atoms with Crippen molar-refractivity contribution in [2.75, 3.05) is 0 Å². The maximum Gasteiger partial charge on any atom is 0.158 e. The van der Waals surface area contributed by atoms with Crippen molar-refractivity contribution in [2.45, 2.75) is 25.4 Å². The van der Waals surface area contributed by atoms with Gasteiger partial charge in [-0.25, -0.2) is 8.42 Å². The zero-order valence-corrected chi connectivity index (χ0v) is 15.8. The molecule has 0 fully saturated rings. The van der Waals surface area contributed by atoms with Crippen molar-refractivity contribution in [3.63, 3.8) is 0 Å². The first-order chi connectivity index (χ1) is 9.77. The highest BCUT2D eigenvalue weighted by Crippen LogP contribution is 2.22. The van der Waals surface area contributed by atoms with E-state index in [4.69, 9.17) is 0 Å². The number of halogens is 2. The van der Waals surface area contributed by atoms with Crippen LogP contribution >= 0.6 is 31.9 Å². The van der Waals surface area contributed by atoms with Crippen LogP contribution in [0.15, 0.2) is 45.3 Å². The summed E-state index contributed by atoms with van der Waals surface area (Å²) in [7, 11) is -3.19. The molecule has 2 rings (SSSR count). The van der Waals surface area contributed by atoms with Crippen LogP contribution in [0.5, 0.6) is 0 Å². The fraction of sp³-hybridized carbons (Fsp3) is 0.250. The average Bonchev–Trinajstić information content (AvgIpc) is 2.37. The first kappa shape index (κ1) is 16.7. The Kier molecular flexibility index (Phi) is 5.28. The van der Waals surface area contributed by atoms with Gasteiger partial charge in [-0.05, 0) is 48.2 Å². The molecule has 0 saturated carbocycles. The number of benzene rings is 2. The van der Waals surface area contributed by atoms with Crippen molar-refractivity contribution in [3.8, 4) is 0 Å². The normalized spacial score (nSPS) is 11.6. The molecule has 0 spiro atoms. The zero-order valence-electron chi connectivity index (χ0n) is 11.9. The Morgan fingerprint density at radius 3 is 1.52 bits per heavy atom. The largest absolute Gasteiger partial charge is 0.228 e. The molecule has 0 bridgehead atoms. The van der Waals surface area contributed by atoms with Gasteiger partial charge < -0.3 is 0 Å². The molecule has 2 nitrogen and oxygen atoms in total. The molecule has 0 aliphatic rings. The van der Waals surface area contributed by atoms with Gasteiger partial charge in [-0.3, -0.25) is 0 Å². The maximum atomic E-state index is 12.3. The van der Waals surface area contributed by atoms with Crippen LogP contribution in [0.1, 0.15) is 22.3 Å². The van der Waals surface area contributed by atoms with Gasteiger partial charge in [0.05, 0.1) is 11.5 Å². The molecule has 0 heterocycles. The third kappa shape index (κ3) is 4.66. The number of hydrogen-bond acceptors (Lipinski definition) is 2. The molecule has 0 N–H and O–H groups in total. The highest BCUT2D eigenvalue weighted by molar-refractivity contribution is 9.10. The van der Waals surface area contributed by atoms with Gasteiger partial charge in [0.1, 0.15) is 0 Å². The van der Waals surface area contributed by atoms with E-state index in [9.17, 15) is 8.42 Å². The molecule has 0 unspecified atom stereocenters. The summed E-state index contributed by atoms with van der Waals surface area (Å²) in [4.78, 5) is 0. The van der Waals surface area contributed by atoms with Gasteiger partial charge in [0.15, 0.2) is 9.84 Å². The van der Waals surface area contributed by atoms with Gasteiger partial charge in [-0.15, -0.1) is 0 Å². The Morgan fingerprint density at radius 2 is 1.19 bits per heavy atom. The molecule has 2 aromatic carbocycles. The van der Waals surface area contributed by atoms with Gasteiger partial charge in [0.25, 0.3) is 0 Å². The maximum absolute atomic E-state index is 12.3. The fourth-order valence-corrected chi connectivity index (χ4v) is 4.34. The lowest BCUT2D eigenvalue weighted by molar-refractivity contribution is 0.594. The number of rotatable bonds is 4. The Bertz CT molecular complexity index is 708. The minimum Gasteiger partial charge on any atom is -0.228 e. The molecule has 0 atom stereocenters. The molecule has 2 aromatic rings. The SMILES string of the molecule is Cc1ccc(CS(=O)(=O)Cc2ccc(C)c(Br)c2)cc1Br. The predicted octanol–water partition coefficient (Wildman–Crippen LogP) is 4.94. The highest BCUT2D eigenvalue weighted by Gasteiger charge is 2.14. The average molecular weight is 432 g/mol. The summed E-state index contributed by atoms with van der Waals surface area (Å²) < 4.78 is 26.5. The second-order valence-corrected chi connectivity index (χ2v) is 8.97. The molecular formula is C16H16Br2O2S. The van der Waals surface area contributed by atoms with Crippen LogP contribution in [0, 0.1) is 13.8 Å². The van der Waals surface area contributed by atoms with E-state index in [1.807, 2.05) is 50.2 Å². The van der Waals surface area contributed by atoms with Gasteiger partial charge >= 0.3 is 0 Å². The molecule has 0 saturated heterocycles. The van der Waals surface area contributed by atoms with Crippen molar-refractivity contribution >= 4 is 41.7 Å². The van der Waals surface area contributed by atoms with E-state index in [1.54, 1.807) is 0 Å². The lowest BCUT2D eigenvalue weighted by atomic mass is 10.2. The van der Waals surface area contributed by atoms with E-state index in [-0.39, 0.29) is 11.5 Å². The van der Waals surface area contributed by atoms with Crippen LogP contribution in [-0.2, 0) is 21.3 Å². The van der Waals surface area contributed by atoms with Crippen molar-refractivity contribution in [1.29, 1.82) is 0 Å². The summed E-state index contributed by atoms with van der Waals surface area (Å²) in [6.07, 6.45) is 0. The molecule has 0 amide bonds. The minimum absolute atomic E-state index is 0.0530. The fourth-order valence-electron chi connectivity index (χ4n) is 2.01. The van der Waals surface area contributed by atoms with Crippen LogP contribution in [0.3, 0.4) is 0 Å². The summed E-state index contributed by atoms with van der Waals surface area (Å²) >= 11 is 6.87. The summed E-state index contributed by atoms with van der Waals surface area (Å²) in [6, 6.07) is 11.3. The molecule has 0 aliphatic heterocycles. The molecule has 21 heavy (non-hydrogen) atoms. The van der Waals surface area contributed by atoms with E-state index in [0.717, 1.165) is 31.2 Å². The molecule has 112 valence electrons. The molecular weight excluding hydrogens is 416 g/mol. The van der Waals surface area contributed by atoms with Crippen LogP contribution in [-0.4, -0.2) is 8.42 Å². The Morgan fingerprint density at radius 1 is 0.810 bits per heavy atom. The second-order valence-electron chi connectivity index (χ2n) is 5.20. The number of sulfone groups is 1. The topological polar surface area (TPSA) is 34.1 Å². The highest BCUT2D eigenvalue weighted by atomic mass is 79.9. The van der Waals surface area contributed by atoms with E-state index in [1.165, 1.54) is 0 Å². The van der Waals surface area contributed by atoms with Gasteiger partial charge in [0.2, 0.25) is 0 Å². The summed E-state index contributed by atoms with van der Waals surface area (Å²) in [6.45, 7) is 3.96. The van der Waals surface area contributed by atoms with Crippen LogP contribution in [0.25, 0.3) is 0 Å². The van der Waals surface area contributed by atoms with E-state index < -0.39 is 9.84 Å². The van der Waals surface area contributed by atoms with Gasteiger partial charge in [0, 0.05) is 8.95 Å². The smallest absolute Gasteiger partial charge is 0.158 e. The molecule has 0 aliphatic carbocycles. The van der Waals surface area contributed by atoms with Crippen LogP contribution in [0.4, 0.5) is 0 Å². The first-order valence-corrected chi connectivity index (χ1v) is 9.88. The van der Waals surface area contributed by atoms with Gasteiger partial charge in [-0.1, -0.05) is 56.1 Å². The first-order valence-electron chi connectivity index (χ1n) is 6.47. The third-order valence-corrected chi connectivity index (χ3v) is 6.50. The Balaban J connectivity index is 2.18. The van der Waals surface area contributed by atoms with Crippen molar-refractivity contribution in [3.05, 3.63) is 67.6 Å². The monoisotopic (exact) mass is 430 g/mol. The van der Waals surface area contributed by atoms with Crippen molar-refractivity contribution in [2.24, 2.45) is 0 Å². The molecule has 0 radical (unpaired) electrons. The van der Waals surface area contributed by atoms with Crippen LogP contribution < -0.4 is 0 Å². The zero-order chi connectivity index (χ0) is 15.6. The van der Waals surface area contributed by atoms with Crippen LogP contribution in [0.2, 0.25) is 0 Å². The second kappa shape index (κ2) is 6.63. The molecule has 5 heteroatoms.